The van der Waals surface area contributed by atoms with E-state index in [1.54, 1.807) is 17.3 Å². The van der Waals surface area contributed by atoms with E-state index in [1.165, 1.54) is 6.92 Å². The second-order valence-electron chi connectivity index (χ2n) is 8.82. The average Bonchev–Trinajstić information content (AvgIpc) is 3.20. The SMILES string of the molecule is CCCOCN(C(C)=O)c1cc(-c2c(-c3ccc(C)cn3)c3ncc(Br)cc3n2COCCC)ccn1. The molecule has 9 heteroatoms. The number of halogens is 1. The Labute approximate surface area is 225 Å². The van der Waals surface area contributed by atoms with Crippen molar-refractivity contribution in [3.05, 3.63) is 59.0 Å². The quantitative estimate of drug-likeness (QED) is 0.155. The maximum absolute atomic E-state index is 12.5. The Bertz CT molecular complexity index is 1370. The molecule has 1 amide bonds. The molecule has 194 valence electrons. The molecular formula is C28H32BrN5O3. The van der Waals surface area contributed by atoms with Crippen LogP contribution < -0.4 is 4.90 Å². The highest BCUT2D eigenvalue weighted by atomic mass is 79.9. The molecule has 0 aliphatic heterocycles. The van der Waals surface area contributed by atoms with Crippen LogP contribution in [0.5, 0.6) is 0 Å². The minimum atomic E-state index is -0.140. The Balaban J connectivity index is 1.94. The first-order valence-electron chi connectivity index (χ1n) is 12.4. The third-order valence-electron chi connectivity index (χ3n) is 5.85. The molecule has 0 spiro atoms. The summed E-state index contributed by atoms with van der Waals surface area (Å²) in [6.07, 6.45) is 7.14. The van der Waals surface area contributed by atoms with Crippen molar-refractivity contribution in [3.63, 3.8) is 0 Å². The molecule has 4 rings (SSSR count). The third kappa shape index (κ3) is 6.06. The van der Waals surface area contributed by atoms with Crippen molar-refractivity contribution in [1.29, 1.82) is 0 Å². The van der Waals surface area contributed by atoms with Gasteiger partial charge in [-0.15, -0.1) is 0 Å². The van der Waals surface area contributed by atoms with Crippen LogP contribution >= 0.6 is 15.9 Å². The van der Waals surface area contributed by atoms with E-state index in [-0.39, 0.29) is 12.6 Å². The fraction of sp³-hybridized carbons (Fsp3) is 0.357. The van der Waals surface area contributed by atoms with Crippen LogP contribution in [0.3, 0.4) is 0 Å². The molecule has 0 radical (unpaired) electrons. The highest BCUT2D eigenvalue weighted by molar-refractivity contribution is 9.10. The predicted molar refractivity (Wildman–Crippen MR) is 149 cm³/mol. The molecule has 8 nitrogen and oxygen atoms in total. The molecule has 0 fully saturated rings. The van der Waals surface area contributed by atoms with Crippen LogP contribution in [0.1, 0.15) is 39.2 Å². The topological polar surface area (TPSA) is 82.4 Å². The number of amides is 1. The summed E-state index contributed by atoms with van der Waals surface area (Å²) in [5.74, 6) is 0.378. The van der Waals surface area contributed by atoms with Gasteiger partial charge in [0.15, 0.2) is 0 Å². The molecule has 0 aromatic carbocycles. The first-order valence-corrected chi connectivity index (χ1v) is 13.2. The zero-order valence-electron chi connectivity index (χ0n) is 21.7. The smallest absolute Gasteiger partial charge is 0.226 e. The number of hydrogen-bond donors (Lipinski definition) is 0. The predicted octanol–water partition coefficient (Wildman–Crippen LogP) is 6.35. The lowest BCUT2D eigenvalue weighted by Crippen LogP contribution is -2.31. The van der Waals surface area contributed by atoms with E-state index in [1.807, 2.05) is 50.4 Å². The minimum Gasteiger partial charge on any atom is -0.361 e. The van der Waals surface area contributed by atoms with E-state index in [2.05, 4.69) is 32.4 Å². The van der Waals surface area contributed by atoms with Gasteiger partial charge in [-0.2, -0.15) is 0 Å². The fourth-order valence-electron chi connectivity index (χ4n) is 4.12. The van der Waals surface area contributed by atoms with Gasteiger partial charge in [0.2, 0.25) is 5.91 Å². The molecular weight excluding hydrogens is 534 g/mol. The molecule has 4 aromatic rings. The molecule has 37 heavy (non-hydrogen) atoms. The van der Waals surface area contributed by atoms with Gasteiger partial charge in [-0.05, 0) is 65.5 Å². The number of aryl methyl sites for hydroxylation is 1. The van der Waals surface area contributed by atoms with E-state index >= 15 is 0 Å². The van der Waals surface area contributed by atoms with Crippen LogP contribution in [-0.2, 0) is 21.0 Å². The molecule has 0 saturated carbocycles. The van der Waals surface area contributed by atoms with Crippen LogP contribution in [-0.4, -0.2) is 45.4 Å². The Kier molecular flexibility index (Phi) is 9.02. The van der Waals surface area contributed by atoms with E-state index in [0.29, 0.717) is 25.8 Å². The van der Waals surface area contributed by atoms with Crippen LogP contribution in [0.25, 0.3) is 33.5 Å². The third-order valence-corrected chi connectivity index (χ3v) is 6.28. The summed E-state index contributed by atoms with van der Waals surface area (Å²) in [6, 6.07) is 9.95. The number of nitrogens with zero attached hydrogens (tertiary/aromatic N) is 5. The number of ether oxygens (including phenoxy) is 2. The van der Waals surface area contributed by atoms with Gasteiger partial charge in [-0.1, -0.05) is 19.9 Å². The molecule has 0 saturated heterocycles. The standard InChI is InChI=1S/C28H32BrN5O3/c1-5-11-36-17-33(20(4)35)25-13-21(9-10-30-25)28-26(23-8-7-19(3)15-31-23)27-24(14-22(29)16-32-27)34(28)18-37-12-6-2/h7-10,13-16H,5-6,11-12,17-18H2,1-4H3. The van der Waals surface area contributed by atoms with Crippen LogP contribution in [0.15, 0.2) is 53.4 Å². The molecule has 4 heterocycles. The summed E-state index contributed by atoms with van der Waals surface area (Å²) >= 11 is 3.58. The number of aromatic nitrogens is 4. The van der Waals surface area contributed by atoms with Gasteiger partial charge in [-0.3, -0.25) is 19.7 Å². The first-order chi connectivity index (χ1) is 17.9. The lowest BCUT2D eigenvalue weighted by molar-refractivity contribution is -0.117. The molecule has 4 aromatic heterocycles. The molecule has 0 bridgehead atoms. The maximum Gasteiger partial charge on any atom is 0.226 e. The van der Waals surface area contributed by atoms with Gasteiger partial charge in [0.05, 0.1) is 28.0 Å². The van der Waals surface area contributed by atoms with Crippen molar-refractivity contribution < 1.29 is 14.3 Å². The van der Waals surface area contributed by atoms with Crippen molar-refractivity contribution >= 4 is 38.7 Å². The number of pyridine rings is 3. The van der Waals surface area contributed by atoms with Crippen molar-refractivity contribution in [1.82, 2.24) is 19.5 Å². The summed E-state index contributed by atoms with van der Waals surface area (Å²) in [7, 11) is 0. The maximum atomic E-state index is 12.5. The second-order valence-corrected chi connectivity index (χ2v) is 9.73. The lowest BCUT2D eigenvalue weighted by atomic mass is 10.0. The number of hydrogen-bond acceptors (Lipinski definition) is 6. The van der Waals surface area contributed by atoms with Crippen molar-refractivity contribution in [3.8, 4) is 22.5 Å². The summed E-state index contributed by atoms with van der Waals surface area (Å²) in [5.41, 5.74) is 6.30. The van der Waals surface area contributed by atoms with Gasteiger partial charge in [0.25, 0.3) is 0 Å². The van der Waals surface area contributed by atoms with E-state index < -0.39 is 0 Å². The highest BCUT2D eigenvalue weighted by Gasteiger charge is 2.24. The monoisotopic (exact) mass is 565 g/mol. The van der Waals surface area contributed by atoms with E-state index in [4.69, 9.17) is 19.4 Å². The number of carbonyl (C=O) groups is 1. The number of rotatable bonds is 11. The van der Waals surface area contributed by atoms with Crippen LogP contribution in [0, 0.1) is 6.92 Å². The molecule has 0 N–H and O–H groups in total. The number of carbonyl (C=O) groups excluding carboxylic acids is 1. The second kappa shape index (κ2) is 12.4. The van der Waals surface area contributed by atoms with Crippen molar-refractivity contribution in [2.45, 2.75) is 47.3 Å². The van der Waals surface area contributed by atoms with Crippen molar-refractivity contribution in [2.24, 2.45) is 0 Å². The zero-order chi connectivity index (χ0) is 26.4. The van der Waals surface area contributed by atoms with Crippen LogP contribution in [0.2, 0.25) is 0 Å². The number of fused-ring (bicyclic) bond motifs is 1. The largest absolute Gasteiger partial charge is 0.361 e. The Morgan fingerprint density at radius 3 is 2.51 bits per heavy atom. The first kappa shape index (κ1) is 26.9. The van der Waals surface area contributed by atoms with Crippen LogP contribution in [0.4, 0.5) is 5.82 Å². The fourth-order valence-corrected chi connectivity index (χ4v) is 4.44. The lowest BCUT2D eigenvalue weighted by Gasteiger charge is -2.21. The Hall–Kier alpha value is -3.14. The summed E-state index contributed by atoms with van der Waals surface area (Å²) in [6.45, 7) is 9.33. The van der Waals surface area contributed by atoms with Gasteiger partial charge in [0, 0.05) is 48.8 Å². The number of anilines is 1. The normalized spacial score (nSPS) is 11.3. The molecule has 0 atom stereocenters. The minimum absolute atomic E-state index is 0.140. The summed E-state index contributed by atoms with van der Waals surface area (Å²) in [5, 5.41) is 0. The van der Waals surface area contributed by atoms with E-state index in [9.17, 15) is 4.79 Å². The average molecular weight is 567 g/mol. The molecule has 0 aliphatic rings. The Morgan fingerprint density at radius 1 is 1.03 bits per heavy atom. The molecule has 0 aliphatic carbocycles. The Morgan fingerprint density at radius 2 is 1.81 bits per heavy atom. The van der Waals surface area contributed by atoms with Gasteiger partial charge >= 0.3 is 0 Å². The van der Waals surface area contributed by atoms with Crippen molar-refractivity contribution in [2.75, 3.05) is 24.8 Å². The van der Waals surface area contributed by atoms with E-state index in [0.717, 1.165) is 56.4 Å². The van der Waals surface area contributed by atoms with Gasteiger partial charge < -0.3 is 14.0 Å². The zero-order valence-corrected chi connectivity index (χ0v) is 23.3. The van der Waals surface area contributed by atoms with Gasteiger partial charge in [-0.25, -0.2) is 4.98 Å². The van der Waals surface area contributed by atoms with Gasteiger partial charge in [0.1, 0.15) is 19.3 Å². The summed E-state index contributed by atoms with van der Waals surface area (Å²) in [4.78, 5) is 28.1. The highest BCUT2D eigenvalue weighted by Crippen LogP contribution is 2.40. The summed E-state index contributed by atoms with van der Waals surface area (Å²) < 4.78 is 14.7. The molecule has 0 unspecified atom stereocenters.